The third-order valence-electron chi connectivity index (χ3n) is 13.6. The van der Waals surface area contributed by atoms with Gasteiger partial charge < -0.3 is 9.13 Å². The molecule has 286 valence electrons. The molecule has 2 nitrogen and oxygen atoms in total. The van der Waals surface area contributed by atoms with Crippen molar-refractivity contribution in [1.82, 2.24) is 9.13 Å². The Morgan fingerprint density at radius 2 is 0.565 bits per heavy atom. The molecule has 0 saturated carbocycles. The second kappa shape index (κ2) is 12.7. The van der Waals surface area contributed by atoms with Crippen molar-refractivity contribution in [2.45, 2.75) is 0 Å². The van der Waals surface area contributed by atoms with Crippen LogP contribution in [0.5, 0.6) is 0 Å². The predicted octanol–water partition coefficient (Wildman–Crippen LogP) is 16.5. The van der Waals surface area contributed by atoms with Crippen LogP contribution in [0.3, 0.4) is 0 Å². The molecule has 2 heteroatoms. The van der Waals surface area contributed by atoms with Gasteiger partial charge in [-0.25, -0.2) is 0 Å². The van der Waals surface area contributed by atoms with Crippen molar-refractivity contribution in [3.8, 4) is 22.5 Å². The lowest BCUT2D eigenvalue weighted by molar-refractivity contribution is 1.20. The van der Waals surface area contributed by atoms with Crippen molar-refractivity contribution in [3.63, 3.8) is 0 Å². The monoisotopic (exact) mass is 784 g/mol. The van der Waals surface area contributed by atoms with Crippen LogP contribution in [0, 0.1) is 0 Å². The van der Waals surface area contributed by atoms with E-state index < -0.39 is 0 Å². The molecule has 0 bridgehead atoms. The first kappa shape index (κ1) is 33.6. The average Bonchev–Trinajstić information content (AvgIpc) is 3.86. The summed E-state index contributed by atoms with van der Waals surface area (Å²) >= 11 is 0. The highest BCUT2D eigenvalue weighted by atomic mass is 15.0. The maximum Gasteiger partial charge on any atom is 0.0547 e. The Labute approximate surface area is 356 Å². The van der Waals surface area contributed by atoms with Gasteiger partial charge in [0.2, 0.25) is 0 Å². The fourth-order valence-corrected chi connectivity index (χ4v) is 10.9. The Hall–Kier alpha value is -8.20. The van der Waals surface area contributed by atoms with E-state index in [-0.39, 0.29) is 0 Å². The number of aromatic nitrogens is 2. The van der Waals surface area contributed by atoms with Crippen LogP contribution in [0.25, 0.3) is 131 Å². The largest absolute Gasteiger partial charge is 0.309 e. The molecule has 0 radical (unpaired) electrons. The second-order valence-corrected chi connectivity index (χ2v) is 16.8. The lowest BCUT2D eigenvalue weighted by Gasteiger charge is -2.15. The van der Waals surface area contributed by atoms with Crippen LogP contribution in [-0.4, -0.2) is 9.13 Å². The first-order valence-corrected chi connectivity index (χ1v) is 21.5. The van der Waals surface area contributed by atoms with Gasteiger partial charge >= 0.3 is 0 Å². The SMILES string of the molecule is c1ccc2c(c1)cc(-n1c3cc(-c4ccc5c6c7ccccc7ccc6n(-c6cc7ccccc7c7ccccc67)c5c4)ccc3c3c4ccccc4ccc31)c1ccccc12. The molecule has 0 atom stereocenters. The highest BCUT2D eigenvalue weighted by molar-refractivity contribution is 6.25. The Kier molecular flexibility index (Phi) is 6.86. The van der Waals surface area contributed by atoms with E-state index in [0.717, 1.165) is 0 Å². The molecule has 2 aromatic heterocycles. The summed E-state index contributed by atoms with van der Waals surface area (Å²) in [7, 11) is 0. The Balaban J connectivity index is 1.09. The molecule has 0 spiro atoms. The molecule has 12 aromatic carbocycles. The van der Waals surface area contributed by atoms with Crippen LogP contribution in [-0.2, 0) is 0 Å². The molecule has 0 aliphatic rings. The van der Waals surface area contributed by atoms with Gasteiger partial charge in [0.05, 0.1) is 33.4 Å². The van der Waals surface area contributed by atoms with Crippen molar-refractivity contribution in [1.29, 1.82) is 0 Å². The van der Waals surface area contributed by atoms with Crippen LogP contribution in [0.2, 0.25) is 0 Å². The maximum absolute atomic E-state index is 2.53. The molecular weight excluding hydrogens is 749 g/mol. The molecule has 0 N–H and O–H groups in total. The third-order valence-corrected chi connectivity index (χ3v) is 13.6. The van der Waals surface area contributed by atoms with Crippen molar-refractivity contribution in [2.75, 3.05) is 0 Å². The van der Waals surface area contributed by atoms with E-state index >= 15 is 0 Å². The van der Waals surface area contributed by atoms with E-state index in [2.05, 4.69) is 228 Å². The van der Waals surface area contributed by atoms with Crippen molar-refractivity contribution >= 4 is 108 Å². The quantitative estimate of drug-likeness (QED) is 0.158. The average molecular weight is 785 g/mol. The van der Waals surface area contributed by atoms with Crippen LogP contribution in [0.4, 0.5) is 0 Å². The smallest absolute Gasteiger partial charge is 0.0547 e. The molecule has 14 rings (SSSR count). The van der Waals surface area contributed by atoms with Crippen LogP contribution < -0.4 is 0 Å². The van der Waals surface area contributed by atoms with E-state index in [1.807, 2.05) is 0 Å². The zero-order valence-electron chi connectivity index (χ0n) is 33.7. The summed E-state index contributed by atoms with van der Waals surface area (Å²) in [5.74, 6) is 0. The molecule has 0 amide bonds. The molecular formula is C60H36N2. The van der Waals surface area contributed by atoms with E-state index in [1.54, 1.807) is 0 Å². The fraction of sp³-hybridized carbons (Fsp3) is 0. The highest BCUT2D eigenvalue weighted by Gasteiger charge is 2.21. The first-order valence-electron chi connectivity index (χ1n) is 21.5. The highest BCUT2D eigenvalue weighted by Crippen LogP contribution is 2.44. The van der Waals surface area contributed by atoms with Crippen LogP contribution in [0.15, 0.2) is 218 Å². The number of nitrogens with zero attached hydrogens (tertiary/aromatic N) is 2. The summed E-state index contributed by atoms with van der Waals surface area (Å²) in [4.78, 5) is 0. The normalized spacial score (nSPS) is 12.2. The van der Waals surface area contributed by atoms with Gasteiger partial charge in [-0.3, -0.25) is 0 Å². The molecule has 0 fully saturated rings. The van der Waals surface area contributed by atoms with Gasteiger partial charge in [0, 0.05) is 32.3 Å². The number of hydrogen-bond acceptors (Lipinski definition) is 0. The van der Waals surface area contributed by atoms with E-state index in [0.29, 0.717) is 0 Å². The van der Waals surface area contributed by atoms with Crippen molar-refractivity contribution < 1.29 is 0 Å². The van der Waals surface area contributed by atoms with Gasteiger partial charge in [-0.15, -0.1) is 0 Å². The lowest BCUT2D eigenvalue weighted by Crippen LogP contribution is -1.97. The molecule has 2 heterocycles. The lowest BCUT2D eigenvalue weighted by atomic mass is 9.99. The minimum atomic E-state index is 1.18. The molecule has 0 aliphatic heterocycles. The summed E-state index contributed by atoms with van der Waals surface area (Å²) in [5, 5.41) is 20.1. The van der Waals surface area contributed by atoms with Gasteiger partial charge in [-0.2, -0.15) is 0 Å². The van der Waals surface area contributed by atoms with Gasteiger partial charge in [-0.1, -0.05) is 182 Å². The summed E-state index contributed by atoms with van der Waals surface area (Å²) < 4.78 is 5.05. The third kappa shape index (κ3) is 4.64. The molecule has 14 aromatic rings. The number of hydrogen-bond donors (Lipinski definition) is 0. The van der Waals surface area contributed by atoms with Gasteiger partial charge in [0.1, 0.15) is 0 Å². The number of fused-ring (bicyclic) bond motifs is 16. The summed E-state index contributed by atoms with van der Waals surface area (Å²) in [6.45, 7) is 0. The molecule has 0 saturated heterocycles. The van der Waals surface area contributed by atoms with Crippen molar-refractivity contribution in [3.05, 3.63) is 218 Å². The van der Waals surface area contributed by atoms with Crippen molar-refractivity contribution in [2.24, 2.45) is 0 Å². The molecule has 0 unspecified atom stereocenters. The van der Waals surface area contributed by atoms with Crippen LogP contribution >= 0.6 is 0 Å². The topological polar surface area (TPSA) is 9.86 Å². The van der Waals surface area contributed by atoms with Crippen LogP contribution in [0.1, 0.15) is 0 Å². The summed E-state index contributed by atoms with van der Waals surface area (Å²) in [5.41, 5.74) is 9.56. The Morgan fingerprint density at radius 1 is 0.210 bits per heavy atom. The maximum atomic E-state index is 2.53. The zero-order chi connectivity index (χ0) is 40.5. The standard InChI is InChI=1S/C60H36N2/c1-7-19-45-37(13-1)27-31-53-59(45)51-29-25-39(33-57(51)61(53)55-35-41-15-3-5-17-43(41)47-21-9-11-23-49(47)55)40-26-30-52-58(34-40)62(54-32-28-38-14-2-8-20-46(38)60(52)54)56-36-42-16-4-6-18-44(42)48-22-10-12-24-50(48)56/h1-36H. The van der Waals surface area contributed by atoms with Gasteiger partial charge in [0.15, 0.2) is 0 Å². The minimum absolute atomic E-state index is 1.18. The summed E-state index contributed by atoms with van der Waals surface area (Å²) in [6.07, 6.45) is 0. The van der Waals surface area contributed by atoms with E-state index in [4.69, 9.17) is 0 Å². The zero-order valence-corrected chi connectivity index (χ0v) is 33.7. The first-order chi connectivity index (χ1) is 30.8. The molecule has 62 heavy (non-hydrogen) atoms. The van der Waals surface area contributed by atoms with E-state index in [9.17, 15) is 0 Å². The fourth-order valence-electron chi connectivity index (χ4n) is 10.9. The Morgan fingerprint density at radius 3 is 1.00 bits per heavy atom. The van der Waals surface area contributed by atoms with E-state index in [1.165, 1.54) is 131 Å². The van der Waals surface area contributed by atoms with Gasteiger partial charge in [-0.05, 0) is 101 Å². The number of rotatable bonds is 3. The second-order valence-electron chi connectivity index (χ2n) is 16.8. The Bertz CT molecular complexity index is 3940. The van der Waals surface area contributed by atoms with Gasteiger partial charge in [0.25, 0.3) is 0 Å². The predicted molar refractivity (Wildman–Crippen MR) is 266 cm³/mol. The minimum Gasteiger partial charge on any atom is -0.309 e. The number of benzene rings is 12. The summed E-state index contributed by atoms with van der Waals surface area (Å²) in [6, 6.07) is 81.2. The molecule has 0 aliphatic carbocycles.